The molecule has 0 spiro atoms. The van der Waals surface area contributed by atoms with Gasteiger partial charge in [0.15, 0.2) is 0 Å². The maximum absolute atomic E-state index is 11.5. The van der Waals surface area contributed by atoms with Crippen molar-refractivity contribution in [1.29, 1.82) is 0 Å². The number of nitrogens with zero attached hydrogens (tertiary/aromatic N) is 1. The molecule has 1 heterocycles. The molecule has 88 valence electrons. The van der Waals surface area contributed by atoms with Gasteiger partial charge in [0.1, 0.15) is 11.9 Å². The van der Waals surface area contributed by atoms with Crippen molar-refractivity contribution in [2.45, 2.75) is 38.7 Å². The van der Waals surface area contributed by atoms with Gasteiger partial charge in [-0.15, -0.1) is 0 Å². The number of H-pyrrole nitrogens is 1. The third kappa shape index (κ3) is 2.32. The Morgan fingerprint density at radius 1 is 1.50 bits per heavy atom. The normalized spacial score (nSPS) is 17.8. The summed E-state index contributed by atoms with van der Waals surface area (Å²) in [5, 5.41) is 0. The highest BCUT2D eigenvalue weighted by Crippen LogP contribution is 2.38. The van der Waals surface area contributed by atoms with E-state index in [2.05, 4.69) is 23.8 Å². The Bertz CT molecular complexity index is 421. The van der Waals surface area contributed by atoms with Crippen LogP contribution < -0.4 is 5.56 Å². The summed E-state index contributed by atoms with van der Waals surface area (Å²) in [5.74, 6) is 1.44. The predicted octanol–water partition coefficient (Wildman–Crippen LogP) is 1.99. The number of methoxy groups -OCH3 is 1. The van der Waals surface area contributed by atoms with Gasteiger partial charge in [-0.25, -0.2) is 4.98 Å². The Hall–Kier alpha value is -1.16. The van der Waals surface area contributed by atoms with Crippen LogP contribution in [0.3, 0.4) is 0 Å². The summed E-state index contributed by atoms with van der Waals surface area (Å²) >= 11 is 0. The van der Waals surface area contributed by atoms with Gasteiger partial charge >= 0.3 is 0 Å². The van der Waals surface area contributed by atoms with Gasteiger partial charge in [0.25, 0.3) is 5.56 Å². The molecular formula is C12H18N2O2. The Balaban J connectivity index is 2.35. The summed E-state index contributed by atoms with van der Waals surface area (Å²) in [7, 11) is 1.65. The summed E-state index contributed by atoms with van der Waals surface area (Å²) in [6, 6.07) is 1.61. The first kappa shape index (κ1) is 11.3. The van der Waals surface area contributed by atoms with Crippen LogP contribution in [0.2, 0.25) is 0 Å². The van der Waals surface area contributed by atoms with E-state index in [0.29, 0.717) is 17.7 Å². The van der Waals surface area contributed by atoms with E-state index in [9.17, 15) is 4.79 Å². The van der Waals surface area contributed by atoms with E-state index >= 15 is 0 Å². The molecule has 1 aliphatic rings. The maximum atomic E-state index is 11.5. The molecule has 1 aliphatic carbocycles. The average Bonchev–Trinajstić information content (AvgIpc) is 3.00. The molecule has 1 N–H and O–H groups in total. The molecule has 0 bridgehead atoms. The van der Waals surface area contributed by atoms with Crippen molar-refractivity contribution in [3.8, 4) is 0 Å². The molecule has 2 rings (SSSR count). The first-order valence-electron chi connectivity index (χ1n) is 5.75. The Morgan fingerprint density at radius 3 is 2.69 bits per heavy atom. The Kier molecular flexibility index (Phi) is 3.10. The summed E-state index contributed by atoms with van der Waals surface area (Å²) in [6.07, 6.45) is 2.16. The fraction of sp³-hybridized carbons (Fsp3) is 0.667. The molecule has 0 amide bonds. The van der Waals surface area contributed by atoms with Crippen LogP contribution in [0, 0.1) is 5.92 Å². The van der Waals surface area contributed by atoms with E-state index in [1.54, 1.807) is 13.2 Å². The molecule has 4 nitrogen and oxygen atoms in total. The van der Waals surface area contributed by atoms with Crippen molar-refractivity contribution in [2.75, 3.05) is 7.11 Å². The highest BCUT2D eigenvalue weighted by Gasteiger charge is 2.27. The minimum absolute atomic E-state index is 0.0744. The van der Waals surface area contributed by atoms with Gasteiger partial charge in [0.05, 0.1) is 5.69 Å². The van der Waals surface area contributed by atoms with Crippen molar-refractivity contribution >= 4 is 0 Å². The lowest BCUT2D eigenvalue weighted by Gasteiger charge is -2.18. The lowest BCUT2D eigenvalue weighted by Crippen LogP contribution is -2.19. The highest BCUT2D eigenvalue weighted by molar-refractivity contribution is 5.15. The van der Waals surface area contributed by atoms with Crippen LogP contribution in [0.5, 0.6) is 0 Å². The number of ether oxygens (including phenoxy) is 1. The van der Waals surface area contributed by atoms with Gasteiger partial charge in [0.2, 0.25) is 0 Å². The summed E-state index contributed by atoms with van der Waals surface area (Å²) < 4.78 is 5.38. The Morgan fingerprint density at radius 2 is 2.19 bits per heavy atom. The smallest absolute Gasteiger partial charge is 0.251 e. The van der Waals surface area contributed by atoms with Crippen molar-refractivity contribution in [2.24, 2.45) is 5.92 Å². The zero-order chi connectivity index (χ0) is 11.7. The van der Waals surface area contributed by atoms with Crippen LogP contribution in [0.4, 0.5) is 0 Å². The molecule has 1 saturated carbocycles. The predicted molar refractivity (Wildman–Crippen MR) is 61.4 cm³/mol. The van der Waals surface area contributed by atoms with Crippen molar-refractivity contribution in [1.82, 2.24) is 9.97 Å². The number of hydrogen-bond donors (Lipinski definition) is 1. The standard InChI is InChI=1S/C12H18N2O2/c1-7(2)11(16-3)12-13-9(8-4-5-8)6-10(15)14-12/h6-8,11H,4-5H2,1-3H3,(H,13,14,15). The molecule has 0 aliphatic heterocycles. The number of hydrogen-bond acceptors (Lipinski definition) is 3. The molecule has 1 unspecified atom stereocenters. The zero-order valence-corrected chi connectivity index (χ0v) is 9.99. The highest BCUT2D eigenvalue weighted by atomic mass is 16.5. The molecule has 4 heteroatoms. The summed E-state index contributed by atoms with van der Waals surface area (Å²) in [6.45, 7) is 4.11. The fourth-order valence-corrected chi connectivity index (χ4v) is 1.92. The summed E-state index contributed by atoms with van der Waals surface area (Å²) in [4.78, 5) is 18.8. The minimum Gasteiger partial charge on any atom is -0.373 e. The van der Waals surface area contributed by atoms with Gasteiger partial charge in [0, 0.05) is 19.1 Å². The third-order valence-corrected chi connectivity index (χ3v) is 2.90. The van der Waals surface area contributed by atoms with E-state index < -0.39 is 0 Å². The van der Waals surface area contributed by atoms with Gasteiger partial charge in [-0.2, -0.15) is 0 Å². The molecule has 16 heavy (non-hydrogen) atoms. The van der Waals surface area contributed by atoms with Crippen LogP contribution >= 0.6 is 0 Å². The second-order valence-corrected chi connectivity index (χ2v) is 4.73. The monoisotopic (exact) mass is 222 g/mol. The number of aromatic amines is 1. The topological polar surface area (TPSA) is 55.0 Å². The lowest BCUT2D eigenvalue weighted by atomic mass is 10.1. The fourth-order valence-electron chi connectivity index (χ4n) is 1.92. The molecule has 0 saturated heterocycles. The maximum Gasteiger partial charge on any atom is 0.251 e. The first-order chi connectivity index (χ1) is 7.61. The number of rotatable bonds is 4. The van der Waals surface area contributed by atoms with Gasteiger partial charge < -0.3 is 9.72 Å². The minimum atomic E-state index is -0.133. The molecular weight excluding hydrogens is 204 g/mol. The molecule has 1 aromatic rings. The lowest BCUT2D eigenvalue weighted by molar-refractivity contribution is 0.0571. The largest absolute Gasteiger partial charge is 0.373 e. The van der Waals surface area contributed by atoms with Crippen LogP contribution in [-0.2, 0) is 4.74 Å². The number of nitrogens with one attached hydrogen (secondary N) is 1. The van der Waals surface area contributed by atoms with Gasteiger partial charge in [-0.1, -0.05) is 13.8 Å². The van der Waals surface area contributed by atoms with E-state index in [-0.39, 0.29) is 11.7 Å². The SMILES string of the molecule is COC(c1nc(C2CC2)cc(=O)[nH]1)C(C)C. The van der Waals surface area contributed by atoms with Crippen LogP contribution in [0.1, 0.15) is 50.2 Å². The van der Waals surface area contributed by atoms with Crippen molar-refractivity contribution in [3.63, 3.8) is 0 Å². The second kappa shape index (κ2) is 4.37. The third-order valence-electron chi connectivity index (χ3n) is 2.90. The summed E-state index contributed by atoms with van der Waals surface area (Å²) in [5.41, 5.74) is 0.844. The average molecular weight is 222 g/mol. The Labute approximate surface area is 95.1 Å². The molecule has 0 radical (unpaired) electrons. The first-order valence-corrected chi connectivity index (χ1v) is 5.75. The van der Waals surface area contributed by atoms with Crippen molar-refractivity contribution < 1.29 is 4.74 Å². The van der Waals surface area contributed by atoms with Gasteiger partial charge in [-0.3, -0.25) is 4.79 Å². The quantitative estimate of drug-likeness (QED) is 0.847. The molecule has 1 fully saturated rings. The van der Waals surface area contributed by atoms with Crippen LogP contribution in [-0.4, -0.2) is 17.1 Å². The zero-order valence-electron chi connectivity index (χ0n) is 9.99. The molecule has 0 aromatic carbocycles. The second-order valence-electron chi connectivity index (χ2n) is 4.73. The van der Waals surface area contributed by atoms with E-state index in [0.717, 1.165) is 18.5 Å². The molecule has 1 aromatic heterocycles. The number of aromatic nitrogens is 2. The van der Waals surface area contributed by atoms with E-state index in [1.165, 1.54) is 0 Å². The van der Waals surface area contributed by atoms with E-state index in [1.807, 2.05) is 0 Å². The van der Waals surface area contributed by atoms with Crippen LogP contribution in [0.15, 0.2) is 10.9 Å². The van der Waals surface area contributed by atoms with E-state index in [4.69, 9.17) is 4.74 Å². The van der Waals surface area contributed by atoms with Crippen molar-refractivity contribution in [3.05, 3.63) is 27.9 Å². The molecule has 1 atom stereocenters. The van der Waals surface area contributed by atoms with Crippen LogP contribution in [0.25, 0.3) is 0 Å². The van der Waals surface area contributed by atoms with Gasteiger partial charge in [-0.05, 0) is 18.8 Å².